The van der Waals surface area contributed by atoms with E-state index in [0.717, 1.165) is 11.0 Å². The van der Waals surface area contributed by atoms with E-state index in [0.29, 0.717) is 12.8 Å². The van der Waals surface area contributed by atoms with Crippen molar-refractivity contribution >= 4 is 17.7 Å². The molecule has 3 aliphatic rings. The molecule has 2 bridgehead atoms. The van der Waals surface area contributed by atoms with Crippen LogP contribution in [0.3, 0.4) is 0 Å². The summed E-state index contributed by atoms with van der Waals surface area (Å²) < 4.78 is 56.1. The molecule has 3 unspecified atom stereocenters. The number of nitrogens with zero attached hydrogens (tertiary/aromatic N) is 4. The van der Waals surface area contributed by atoms with Crippen LogP contribution >= 0.6 is 0 Å². The van der Waals surface area contributed by atoms with Crippen LogP contribution in [0.2, 0.25) is 0 Å². The fraction of sp³-hybridized carbons (Fsp3) is 0.474. The Hall–Kier alpha value is -3.18. The molecule has 2 saturated heterocycles. The fourth-order valence-electron chi connectivity index (χ4n) is 4.68. The second-order valence-electron chi connectivity index (χ2n) is 8.16. The van der Waals surface area contributed by atoms with Crippen LogP contribution in [0.5, 0.6) is 0 Å². The first-order valence-corrected chi connectivity index (χ1v) is 9.53. The topological polar surface area (TPSA) is 100 Å². The van der Waals surface area contributed by atoms with Crippen molar-refractivity contribution in [1.29, 1.82) is 0 Å². The lowest BCUT2D eigenvalue weighted by atomic mass is 9.64. The number of urea groups is 1. The quantitative estimate of drug-likeness (QED) is 0.711. The number of anilines is 1. The van der Waals surface area contributed by atoms with Crippen LogP contribution < -0.4 is 5.32 Å². The molecular weight excluding hydrogens is 422 g/mol. The highest BCUT2D eigenvalue weighted by molar-refractivity contribution is 5.96. The average molecular weight is 441 g/mol. The smallest absolute Gasteiger partial charge is 0.417 e. The van der Waals surface area contributed by atoms with Crippen LogP contribution in [0.25, 0.3) is 11.4 Å². The lowest BCUT2D eigenvalue weighted by molar-refractivity contribution is -0.173. The second-order valence-corrected chi connectivity index (χ2v) is 8.16. The maximum atomic E-state index is 14.5. The molecule has 0 spiro atoms. The number of alkyl halides is 3. The number of hydrogen-bond acceptors (Lipinski definition) is 4. The minimum Gasteiger partial charge on any atom is -0.479 e. The van der Waals surface area contributed by atoms with E-state index in [-0.39, 0.29) is 30.3 Å². The first-order chi connectivity index (χ1) is 14.4. The number of carboxylic acids is 1. The van der Waals surface area contributed by atoms with Crippen molar-refractivity contribution in [2.45, 2.75) is 43.9 Å². The molecule has 31 heavy (non-hydrogen) atoms. The summed E-state index contributed by atoms with van der Waals surface area (Å²) in [5.74, 6) is -2.65. The third-order valence-corrected chi connectivity index (χ3v) is 5.87. The van der Waals surface area contributed by atoms with Gasteiger partial charge in [0, 0.05) is 25.1 Å². The Morgan fingerprint density at radius 1 is 1.29 bits per heavy atom. The van der Waals surface area contributed by atoms with Gasteiger partial charge in [-0.25, -0.2) is 19.0 Å². The van der Waals surface area contributed by atoms with E-state index < -0.39 is 46.3 Å². The molecule has 8 nitrogen and oxygen atoms in total. The van der Waals surface area contributed by atoms with Crippen LogP contribution in [0, 0.1) is 11.7 Å². The highest BCUT2D eigenvalue weighted by atomic mass is 19.4. The van der Waals surface area contributed by atoms with Gasteiger partial charge in [0.15, 0.2) is 5.82 Å². The van der Waals surface area contributed by atoms with Gasteiger partial charge >= 0.3 is 18.2 Å². The molecule has 1 saturated carbocycles. The Bertz CT molecular complexity index is 1070. The number of aryl methyl sites for hydroxylation is 1. The predicted molar refractivity (Wildman–Crippen MR) is 99.4 cm³/mol. The van der Waals surface area contributed by atoms with Crippen LogP contribution in [-0.4, -0.2) is 48.4 Å². The molecule has 1 aromatic heterocycles. The first kappa shape index (κ1) is 21.1. The molecular formula is C19H19F4N5O3. The van der Waals surface area contributed by atoms with Gasteiger partial charge in [0.05, 0.1) is 11.3 Å². The largest absolute Gasteiger partial charge is 0.479 e. The van der Waals surface area contributed by atoms with Gasteiger partial charge in [0.1, 0.15) is 17.7 Å². The molecule has 2 aromatic rings. The SMILES string of the molecule is CC1CC2CC(C(=O)O)(C1)N2C(=O)Nc1cc(-c2ncn(C)n2)c(C(F)(F)F)cc1F. The van der Waals surface area contributed by atoms with Gasteiger partial charge in [-0.3, -0.25) is 4.68 Å². The summed E-state index contributed by atoms with van der Waals surface area (Å²) >= 11 is 0. The molecule has 2 N–H and O–H groups in total. The Morgan fingerprint density at radius 2 is 2.00 bits per heavy atom. The van der Waals surface area contributed by atoms with E-state index in [1.807, 2.05) is 6.92 Å². The molecule has 1 aromatic carbocycles. The summed E-state index contributed by atoms with van der Waals surface area (Å²) in [4.78, 5) is 29.6. The highest BCUT2D eigenvalue weighted by Gasteiger charge is 2.63. The standard InChI is InChI=1S/C19H19F4N5O3/c1-9-3-10-7-18(6-9,16(29)30)28(10)17(31)25-14-4-11(15-24-8-27(2)26-15)12(5-13(14)20)19(21,22)23/h4-5,8-10H,3,6-7H2,1-2H3,(H,25,31)(H,29,30). The summed E-state index contributed by atoms with van der Waals surface area (Å²) in [6.07, 6.45) is -2.54. The minimum atomic E-state index is -4.88. The zero-order valence-electron chi connectivity index (χ0n) is 16.6. The van der Waals surface area contributed by atoms with Crippen molar-refractivity contribution in [3.63, 3.8) is 0 Å². The minimum absolute atomic E-state index is 0.100. The number of carbonyl (C=O) groups excluding carboxylic acids is 1. The Balaban J connectivity index is 1.69. The van der Waals surface area contributed by atoms with Gasteiger partial charge in [-0.2, -0.15) is 18.3 Å². The van der Waals surface area contributed by atoms with Gasteiger partial charge in [-0.05, 0) is 30.9 Å². The van der Waals surface area contributed by atoms with E-state index >= 15 is 0 Å². The Labute approximate surface area is 173 Å². The lowest BCUT2D eigenvalue weighted by Gasteiger charge is -2.60. The van der Waals surface area contributed by atoms with Gasteiger partial charge in [-0.15, -0.1) is 0 Å². The molecule has 3 fully saturated rings. The molecule has 2 aliphatic heterocycles. The van der Waals surface area contributed by atoms with Crippen molar-refractivity contribution in [3.8, 4) is 11.4 Å². The number of rotatable bonds is 3. The summed E-state index contributed by atoms with van der Waals surface area (Å²) in [5.41, 5.74) is -3.69. The third kappa shape index (κ3) is 3.39. The number of carboxylic acid groups (broad SMARTS) is 1. The number of nitrogens with one attached hydrogen (secondary N) is 1. The van der Waals surface area contributed by atoms with Gasteiger partial charge in [-0.1, -0.05) is 6.92 Å². The average Bonchev–Trinajstić information content (AvgIpc) is 3.07. The molecule has 12 heteroatoms. The summed E-state index contributed by atoms with van der Waals surface area (Å²) in [5, 5.41) is 15.8. The normalized spacial score (nSPS) is 25.2. The number of carbonyl (C=O) groups is 2. The van der Waals surface area contributed by atoms with Gasteiger partial charge < -0.3 is 15.3 Å². The summed E-state index contributed by atoms with van der Waals surface area (Å²) in [7, 11) is 1.46. The van der Waals surface area contributed by atoms with E-state index in [1.165, 1.54) is 18.1 Å². The van der Waals surface area contributed by atoms with Gasteiger partial charge in [0.25, 0.3) is 0 Å². The molecule has 2 amide bonds. The lowest BCUT2D eigenvalue weighted by Crippen LogP contribution is -2.75. The Kier molecular flexibility index (Phi) is 4.70. The van der Waals surface area contributed by atoms with E-state index in [4.69, 9.17) is 0 Å². The molecule has 3 heterocycles. The monoisotopic (exact) mass is 441 g/mol. The fourth-order valence-corrected chi connectivity index (χ4v) is 4.68. The molecule has 3 atom stereocenters. The number of benzene rings is 1. The third-order valence-electron chi connectivity index (χ3n) is 5.87. The van der Waals surface area contributed by atoms with E-state index in [2.05, 4.69) is 15.4 Å². The van der Waals surface area contributed by atoms with Crippen LogP contribution in [0.15, 0.2) is 18.5 Å². The van der Waals surface area contributed by atoms with Crippen LogP contribution in [0.4, 0.5) is 28.0 Å². The van der Waals surface area contributed by atoms with Crippen molar-refractivity contribution < 1.29 is 32.3 Å². The van der Waals surface area contributed by atoms with Crippen molar-refractivity contribution in [2.75, 3.05) is 5.32 Å². The number of aromatic nitrogens is 3. The van der Waals surface area contributed by atoms with Crippen LogP contribution in [-0.2, 0) is 18.0 Å². The number of hydrogen-bond donors (Lipinski definition) is 2. The Morgan fingerprint density at radius 3 is 2.58 bits per heavy atom. The number of amides is 2. The number of aliphatic carboxylic acids is 1. The van der Waals surface area contributed by atoms with Crippen molar-refractivity contribution in [1.82, 2.24) is 19.7 Å². The summed E-state index contributed by atoms with van der Waals surface area (Å²) in [6, 6.07) is -0.108. The molecule has 166 valence electrons. The zero-order chi connectivity index (χ0) is 22.7. The summed E-state index contributed by atoms with van der Waals surface area (Å²) in [6.45, 7) is 1.89. The number of halogens is 4. The predicted octanol–water partition coefficient (Wildman–Crippen LogP) is 3.50. The van der Waals surface area contributed by atoms with Gasteiger partial charge in [0.2, 0.25) is 0 Å². The molecule has 5 rings (SSSR count). The maximum absolute atomic E-state index is 14.5. The molecule has 1 aliphatic carbocycles. The first-order valence-electron chi connectivity index (χ1n) is 9.53. The maximum Gasteiger partial charge on any atom is 0.417 e. The number of piperidine rings is 1. The second kappa shape index (κ2) is 6.92. The van der Waals surface area contributed by atoms with E-state index in [9.17, 15) is 32.3 Å². The van der Waals surface area contributed by atoms with Crippen molar-refractivity contribution in [3.05, 3.63) is 29.8 Å². The number of fused-ring (bicyclic) bond motifs is 2. The van der Waals surface area contributed by atoms with Crippen LogP contribution in [0.1, 0.15) is 31.7 Å². The highest BCUT2D eigenvalue weighted by Crippen LogP contribution is 2.50. The van der Waals surface area contributed by atoms with E-state index in [1.54, 1.807) is 0 Å². The van der Waals surface area contributed by atoms with Crippen molar-refractivity contribution in [2.24, 2.45) is 13.0 Å². The zero-order valence-corrected chi connectivity index (χ0v) is 16.6. The molecule has 0 radical (unpaired) electrons.